The van der Waals surface area contributed by atoms with E-state index >= 15 is 0 Å². The molecule has 0 saturated carbocycles. The molecule has 1 fully saturated rings. The van der Waals surface area contributed by atoms with Gasteiger partial charge in [-0.1, -0.05) is 30.7 Å². The van der Waals surface area contributed by atoms with Crippen LogP contribution in [-0.4, -0.2) is 48.9 Å². The number of likely N-dealkylation sites (tertiary alicyclic amines) is 1. The van der Waals surface area contributed by atoms with E-state index in [9.17, 15) is 9.59 Å². The molecule has 6 heteroatoms. The maximum absolute atomic E-state index is 13.3. The summed E-state index contributed by atoms with van der Waals surface area (Å²) in [6.07, 6.45) is 3.69. The van der Waals surface area contributed by atoms with Crippen molar-refractivity contribution in [2.24, 2.45) is 11.5 Å². The van der Waals surface area contributed by atoms with Crippen molar-refractivity contribution in [1.82, 2.24) is 4.90 Å². The summed E-state index contributed by atoms with van der Waals surface area (Å²) in [7, 11) is 1.60. The van der Waals surface area contributed by atoms with E-state index in [2.05, 4.69) is 6.07 Å². The van der Waals surface area contributed by atoms with Gasteiger partial charge in [0.25, 0.3) is 0 Å². The number of unbranched alkanes of at least 4 members (excludes halogenated alkanes) is 1. The number of amides is 1. The van der Waals surface area contributed by atoms with Crippen LogP contribution in [0.25, 0.3) is 10.8 Å². The Labute approximate surface area is 165 Å². The molecule has 1 aliphatic heterocycles. The number of benzene rings is 2. The van der Waals surface area contributed by atoms with Crippen LogP contribution in [0.4, 0.5) is 0 Å². The van der Waals surface area contributed by atoms with Crippen LogP contribution < -0.4 is 16.2 Å². The van der Waals surface area contributed by atoms with Crippen molar-refractivity contribution < 1.29 is 14.3 Å². The molecule has 1 radical (unpaired) electrons. The number of hydrogen-bond donors (Lipinski definition) is 2. The van der Waals surface area contributed by atoms with Crippen molar-refractivity contribution in [1.29, 1.82) is 0 Å². The monoisotopic (exact) mass is 382 g/mol. The Morgan fingerprint density at radius 3 is 2.75 bits per heavy atom. The molecule has 0 aliphatic carbocycles. The van der Waals surface area contributed by atoms with Crippen molar-refractivity contribution in [3.63, 3.8) is 0 Å². The van der Waals surface area contributed by atoms with Crippen LogP contribution in [-0.2, 0) is 4.79 Å². The lowest BCUT2D eigenvalue weighted by Crippen LogP contribution is -2.48. The third-order valence-electron chi connectivity index (χ3n) is 5.40. The van der Waals surface area contributed by atoms with Gasteiger partial charge in [-0.05, 0) is 49.7 Å². The van der Waals surface area contributed by atoms with Crippen LogP contribution in [0.1, 0.15) is 42.5 Å². The van der Waals surface area contributed by atoms with Crippen LogP contribution in [0.3, 0.4) is 0 Å². The number of rotatable bonds is 8. The summed E-state index contributed by atoms with van der Waals surface area (Å²) in [4.78, 5) is 27.8. The molecule has 1 saturated heterocycles. The Balaban J connectivity index is 1.84. The van der Waals surface area contributed by atoms with Gasteiger partial charge >= 0.3 is 0 Å². The van der Waals surface area contributed by atoms with Crippen LogP contribution in [0, 0.1) is 6.07 Å². The summed E-state index contributed by atoms with van der Waals surface area (Å²) in [5.74, 6) is 0.443. The molecule has 2 aromatic carbocycles. The topological polar surface area (TPSA) is 98.6 Å². The molecule has 0 unspecified atom stereocenters. The third kappa shape index (κ3) is 4.03. The van der Waals surface area contributed by atoms with E-state index in [0.29, 0.717) is 37.2 Å². The minimum Gasteiger partial charge on any atom is -0.496 e. The lowest BCUT2D eigenvalue weighted by Gasteiger charge is -2.27. The van der Waals surface area contributed by atoms with E-state index in [1.54, 1.807) is 18.1 Å². The maximum atomic E-state index is 13.3. The predicted octanol–water partition coefficient (Wildman–Crippen LogP) is 2.28. The quantitative estimate of drug-likeness (QED) is 0.539. The number of fused-ring (bicyclic) bond motifs is 1. The molecule has 6 nitrogen and oxygen atoms in total. The number of ketones is 1. The van der Waals surface area contributed by atoms with Crippen molar-refractivity contribution in [3.8, 4) is 5.75 Å². The first-order chi connectivity index (χ1) is 13.6. The van der Waals surface area contributed by atoms with Crippen LogP contribution in [0.5, 0.6) is 5.75 Å². The molecule has 0 spiro atoms. The zero-order valence-electron chi connectivity index (χ0n) is 16.3. The lowest BCUT2D eigenvalue weighted by molar-refractivity contribution is -0.132. The van der Waals surface area contributed by atoms with Gasteiger partial charge in [0.1, 0.15) is 5.75 Å². The Morgan fingerprint density at radius 1 is 1.29 bits per heavy atom. The number of Topliss-reactive ketones (excluding diaryl/α,β-unsaturated/α-hetero) is 1. The van der Waals surface area contributed by atoms with E-state index in [1.165, 1.54) is 0 Å². The van der Waals surface area contributed by atoms with Crippen LogP contribution in [0.15, 0.2) is 30.3 Å². The van der Waals surface area contributed by atoms with Gasteiger partial charge in [0.05, 0.1) is 19.2 Å². The Bertz CT molecular complexity index is 852. The maximum Gasteiger partial charge on any atom is 0.240 e. The van der Waals surface area contributed by atoms with E-state index < -0.39 is 12.1 Å². The van der Waals surface area contributed by atoms with E-state index in [4.69, 9.17) is 16.2 Å². The number of nitrogens with zero attached hydrogens (tertiary/aromatic N) is 1. The van der Waals surface area contributed by atoms with Crippen molar-refractivity contribution in [2.45, 2.75) is 44.2 Å². The molecule has 0 bridgehead atoms. The molecule has 1 heterocycles. The van der Waals surface area contributed by atoms with Crippen molar-refractivity contribution >= 4 is 22.5 Å². The Morgan fingerprint density at radius 2 is 2.04 bits per heavy atom. The summed E-state index contributed by atoms with van der Waals surface area (Å²) in [6, 6.07) is 11.3. The Hall–Kier alpha value is -2.44. The standard InChI is InChI=1S/C22H28N3O3/c1-28-20-12-11-17(15-7-2-3-8-16(15)20)21(26)19-10-6-14-25(19)22(27)18(24)9-4-5-13-23/h2-3,7-8,12,18-19H,4-6,9-10,13-14,23-24H2,1H3/t18-,19-/m0/s1. The SMILES string of the molecule is COc1c[c]c(C(=O)[C@@H]2CCCN2C(=O)[C@@H](N)CCCCN)c2ccccc12. The summed E-state index contributed by atoms with van der Waals surface area (Å²) < 4.78 is 5.39. The molecule has 0 aromatic heterocycles. The molecule has 1 aliphatic rings. The molecular weight excluding hydrogens is 354 g/mol. The van der Waals surface area contributed by atoms with E-state index in [1.807, 2.05) is 24.3 Å². The average Bonchev–Trinajstić information content (AvgIpc) is 3.21. The molecule has 2 atom stereocenters. The molecule has 2 aromatic rings. The van der Waals surface area contributed by atoms with E-state index in [-0.39, 0.29) is 11.7 Å². The largest absolute Gasteiger partial charge is 0.496 e. The second kappa shape index (κ2) is 9.17. The van der Waals surface area contributed by atoms with Gasteiger partial charge in [0, 0.05) is 17.5 Å². The summed E-state index contributed by atoms with van der Waals surface area (Å²) in [5, 5.41) is 1.65. The minimum atomic E-state index is -0.587. The number of carbonyl (C=O) groups is 2. The first-order valence-corrected chi connectivity index (χ1v) is 9.86. The normalized spacial score (nSPS) is 17.7. The molecule has 149 valence electrons. The molecule has 28 heavy (non-hydrogen) atoms. The fraction of sp³-hybridized carbons (Fsp3) is 0.455. The fourth-order valence-corrected chi connectivity index (χ4v) is 3.90. The van der Waals surface area contributed by atoms with Gasteiger partial charge in [-0.25, -0.2) is 0 Å². The highest BCUT2D eigenvalue weighted by Gasteiger charge is 2.36. The second-order valence-electron chi connectivity index (χ2n) is 7.22. The minimum absolute atomic E-state index is 0.0844. The molecule has 4 N–H and O–H groups in total. The van der Waals surface area contributed by atoms with Gasteiger partial charge in [0.15, 0.2) is 5.78 Å². The van der Waals surface area contributed by atoms with Gasteiger partial charge < -0.3 is 21.1 Å². The molecule has 1 amide bonds. The number of carbonyl (C=O) groups excluding carboxylic acids is 2. The Kier molecular flexibility index (Phi) is 6.65. The highest BCUT2D eigenvalue weighted by molar-refractivity contribution is 6.12. The number of hydrogen-bond acceptors (Lipinski definition) is 5. The number of nitrogens with two attached hydrogens (primary N) is 2. The smallest absolute Gasteiger partial charge is 0.240 e. The second-order valence-corrected chi connectivity index (χ2v) is 7.22. The molecular formula is C22H28N3O3. The average molecular weight is 382 g/mol. The van der Waals surface area contributed by atoms with Crippen molar-refractivity contribution in [3.05, 3.63) is 42.0 Å². The van der Waals surface area contributed by atoms with Gasteiger partial charge in [0.2, 0.25) is 5.91 Å². The highest BCUT2D eigenvalue weighted by Crippen LogP contribution is 2.31. The zero-order chi connectivity index (χ0) is 20.1. The van der Waals surface area contributed by atoms with Crippen molar-refractivity contribution in [2.75, 3.05) is 20.2 Å². The summed E-state index contributed by atoms with van der Waals surface area (Å²) >= 11 is 0. The molecule has 3 rings (SSSR count). The predicted molar refractivity (Wildman–Crippen MR) is 109 cm³/mol. The lowest BCUT2D eigenvalue weighted by atomic mass is 9.95. The number of ether oxygens (including phenoxy) is 1. The highest BCUT2D eigenvalue weighted by atomic mass is 16.5. The first-order valence-electron chi connectivity index (χ1n) is 9.86. The summed E-state index contributed by atoms with van der Waals surface area (Å²) in [5.41, 5.74) is 12.1. The number of methoxy groups -OCH3 is 1. The summed E-state index contributed by atoms with van der Waals surface area (Å²) in [6.45, 7) is 1.15. The van der Waals surface area contributed by atoms with Gasteiger partial charge in [-0.15, -0.1) is 0 Å². The fourth-order valence-electron chi connectivity index (χ4n) is 3.90. The van der Waals surface area contributed by atoms with Crippen LogP contribution >= 0.6 is 0 Å². The third-order valence-corrected chi connectivity index (χ3v) is 5.40. The van der Waals surface area contributed by atoms with E-state index in [0.717, 1.165) is 30.0 Å². The van der Waals surface area contributed by atoms with Gasteiger partial charge in [-0.3, -0.25) is 9.59 Å². The van der Waals surface area contributed by atoms with Gasteiger partial charge in [-0.2, -0.15) is 0 Å². The first kappa shape index (κ1) is 20.3. The zero-order valence-corrected chi connectivity index (χ0v) is 16.3. The van der Waals surface area contributed by atoms with Crippen LogP contribution in [0.2, 0.25) is 0 Å².